The Balaban J connectivity index is 3.39. The van der Waals surface area contributed by atoms with E-state index in [4.69, 9.17) is 5.11 Å². The molecule has 0 aliphatic heterocycles. The summed E-state index contributed by atoms with van der Waals surface area (Å²) in [7, 11) is 0. The van der Waals surface area contributed by atoms with Gasteiger partial charge in [-0.3, -0.25) is 4.79 Å². The molecule has 0 aromatic rings. The highest BCUT2D eigenvalue weighted by atomic mass is 19.1. The van der Waals surface area contributed by atoms with Gasteiger partial charge in [-0.1, -0.05) is 13.0 Å². The molecule has 0 aromatic heterocycles. The lowest BCUT2D eigenvalue weighted by Gasteiger charge is -2.00. The van der Waals surface area contributed by atoms with Crippen molar-refractivity contribution in [2.45, 2.75) is 19.8 Å². The minimum Gasteiger partial charge on any atom is -0.481 e. The van der Waals surface area contributed by atoms with Gasteiger partial charge in [0.05, 0.1) is 6.33 Å². The van der Waals surface area contributed by atoms with Crippen LogP contribution in [0.25, 0.3) is 0 Å². The molecular weight excluding hydrogens is 135 g/mol. The van der Waals surface area contributed by atoms with Gasteiger partial charge < -0.3 is 5.11 Å². The van der Waals surface area contributed by atoms with E-state index in [1.165, 1.54) is 6.08 Å². The Morgan fingerprint density at radius 1 is 1.80 bits per heavy atom. The second-order valence-corrected chi connectivity index (χ2v) is 2.23. The summed E-state index contributed by atoms with van der Waals surface area (Å²) in [6.07, 6.45) is 2.40. The maximum absolute atomic E-state index is 11.4. The molecule has 0 rings (SSSR count). The molecule has 2 nitrogen and oxygen atoms in total. The first-order valence-electron chi connectivity index (χ1n) is 3.15. The second-order valence-electron chi connectivity index (χ2n) is 2.23. The van der Waals surface area contributed by atoms with Crippen molar-refractivity contribution in [3.63, 3.8) is 0 Å². The van der Waals surface area contributed by atoms with Gasteiger partial charge in [-0.05, 0) is 12.3 Å². The minimum atomic E-state index is -0.834. The summed E-state index contributed by atoms with van der Waals surface area (Å²) >= 11 is 0. The first-order valence-corrected chi connectivity index (χ1v) is 3.15. The number of hydrogen-bond acceptors (Lipinski definition) is 1. The molecule has 1 unspecified atom stereocenters. The number of carbonyl (C=O) groups is 1. The monoisotopic (exact) mass is 146 g/mol. The zero-order valence-electron chi connectivity index (χ0n) is 5.88. The molecule has 0 bridgehead atoms. The summed E-state index contributed by atoms with van der Waals surface area (Å²) in [5.41, 5.74) is 0. The maximum Gasteiger partial charge on any atom is 0.303 e. The molecule has 1 N–H and O–H groups in total. The summed E-state index contributed by atoms with van der Waals surface area (Å²) in [6.45, 7) is 1.78. The molecule has 0 fully saturated rings. The normalized spacial score (nSPS) is 13.8. The summed E-state index contributed by atoms with van der Waals surface area (Å²) in [5.74, 6) is -0.819. The molecule has 1 atom stereocenters. The fourth-order valence-electron chi connectivity index (χ4n) is 0.572. The number of carboxylic acid groups (broad SMARTS) is 1. The van der Waals surface area contributed by atoms with E-state index in [9.17, 15) is 9.18 Å². The van der Waals surface area contributed by atoms with Crippen molar-refractivity contribution in [2.75, 3.05) is 0 Å². The molecule has 0 heterocycles. The zero-order valence-corrected chi connectivity index (χ0v) is 5.88. The van der Waals surface area contributed by atoms with Crippen molar-refractivity contribution >= 4 is 5.97 Å². The van der Waals surface area contributed by atoms with Crippen LogP contribution < -0.4 is 0 Å². The maximum atomic E-state index is 11.4. The van der Waals surface area contributed by atoms with Crippen LogP contribution in [0.3, 0.4) is 0 Å². The number of aliphatic carboxylic acids is 1. The molecule has 0 aromatic carbocycles. The van der Waals surface area contributed by atoms with E-state index in [-0.39, 0.29) is 12.3 Å². The molecule has 0 radical (unpaired) electrons. The zero-order chi connectivity index (χ0) is 7.98. The molecule has 0 saturated carbocycles. The summed E-state index contributed by atoms with van der Waals surface area (Å²) in [4.78, 5) is 9.99. The third-order valence-corrected chi connectivity index (χ3v) is 1.21. The topological polar surface area (TPSA) is 37.3 Å². The fraction of sp³-hybridized carbons (Fsp3) is 0.571. The average Bonchev–Trinajstić information content (AvgIpc) is 1.85. The highest BCUT2D eigenvalue weighted by Gasteiger charge is 2.00. The van der Waals surface area contributed by atoms with Crippen molar-refractivity contribution < 1.29 is 14.3 Å². The Labute approximate surface area is 59.4 Å². The van der Waals surface area contributed by atoms with Crippen LogP contribution in [0.5, 0.6) is 0 Å². The number of carboxylic acids is 1. The largest absolute Gasteiger partial charge is 0.481 e. The summed E-state index contributed by atoms with van der Waals surface area (Å²) in [5, 5.41) is 8.21. The smallest absolute Gasteiger partial charge is 0.303 e. The SMILES string of the molecule is CC(/C=C\F)CCC(=O)O. The Hall–Kier alpha value is -0.860. The van der Waals surface area contributed by atoms with Gasteiger partial charge in [0.1, 0.15) is 0 Å². The van der Waals surface area contributed by atoms with Gasteiger partial charge in [0.2, 0.25) is 0 Å². The van der Waals surface area contributed by atoms with Gasteiger partial charge in [0.15, 0.2) is 0 Å². The van der Waals surface area contributed by atoms with Crippen LogP contribution in [0, 0.1) is 5.92 Å². The quantitative estimate of drug-likeness (QED) is 0.658. The van der Waals surface area contributed by atoms with Gasteiger partial charge in [-0.2, -0.15) is 0 Å². The predicted octanol–water partition coefficient (Wildman–Crippen LogP) is 1.97. The molecule has 10 heavy (non-hydrogen) atoms. The minimum absolute atomic E-state index is 0.0149. The molecule has 0 saturated heterocycles. The van der Waals surface area contributed by atoms with Crippen LogP contribution in [0.2, 0.25) is 0 Å². The van der Waals surface area contributed by atoms with Crippen LogP contribution in [0.15, 0.2) is 12.4 Å². The van der Waals surface area contributed by atoms with Crippen molar-refractivity contribution in [1.82, 2.24) is 0 Å². The number of halogens is 1. The first kappa shape index (κ1) is 9.14. The van der Waals surface area contributed by atoms with Gasteiger partial charge in [-0.15, -0.1) is 0 Å². The molecule has 58 valence electrons. The Morgan fingerprint density at radius 3 is 2.80 bits per heavy atom. The highest BCUT2D eigenvalue weighted by Crippen LogP contribution is 2.06. The number of allylic oxidation sites excluding steroid dienone is 1. The molecule has 0 aliphatic carbocycles. The lowest BCUT2D eigenvalue weighted by atomic mass is 10.1. The van der Waals surface area contributed by atoms with Crippen LogP contribution in [0.1, 0.15) is 19.8 Å². The fourth-order valence-corrected chi connectivity index (χ4v) is 0.572. The third kappa shape index (κ3) is 5.28. The van der Waals surface area contributed by atoms with Crippen LogP contribution >= 0.6 is 0 Å². The van der Waals surface area contributed by atoms with E-state index >= 15 is 0 Å². The van der Waals surface area contributed by atoms with Gasteiger partial charge in [0, 0.05) is 6.42 Å². The lowest BCUT2D eigenvalue weighted by Crippen LogP contribution is -1.98. The van der Waals surface area contributed by atoms with E-state index in [0.29, 0.717) is 12.8 Å². The van der Waals surface area contributed by atoms with Crippen molar-refractivity contribution in [1.29, 1.82) is 0 Å². The van der Waals surface area contributed by atoms with E-state index in [2.05, 4.69) is 0 Å². The lowest BCUT2D eigenvalue weighted by molar-refractivity contribution is -0.137. The molecule has 3 heteroatoms. The van der Waals surface area contributed by atoms with E-state index in [1.54, 1.807) is 6.92 Å². The Bertz CT molecular complexity index is 132. The van der Waals surface area contributed by atoms with Crippen LogP contribution in [0.4, 0.5) is 4.39 Å². The van der Waals surface area contributed by atoms with Crippen molar-refractivity contribution in [3.8, 4) is 0 Å². The van der Waals surface area contributed by atoms with Crippen LogP contribution in [-0.4, -0.2) is 11.1 Å². The second kappa shape index (κ2) is 4.97. The van der Waals surface area contributed by atoms with Gasteiger partial charge in [0.25, 0.3) is 0 Å². The average molecular weight is 146 g/mol. The highest BCUT2D eigenvalue weighted by molar-refractivity contribution is 5.66. The molecule has 0 amide bonds. The summed E-state index contributed by atoms with van der Waals surface area (Å²) in [6, 6.07) is 0. The number of hydrogen-bond donors (Lipinski definition) is 1. The summed E-state index contributed by atoms with van der Waals surface area (Å²) < 4.78 is 11.4. The Kier molecular flexibility index (Phi) is 4.54. The van der Waals surface area contributed by atoms with E-state index in [0.717, 1.165) is 0 Å². The van der Waals surface area contributed by atoms with Gasteiger partial charge >= 0.3 is 5.97 Å². The number of rotatable bonds is 4. The van der Waals surface area contributed by atoms with Crippen molar-refractivity contribution in [2.24, 2.45) is 5.92 Å². The molecular formula is C7H11FO2. The molecule has 0 spiro atoms. The molecule has 0 aliphatic rings. The van der Waals surface area contributed by atoms with Crippen LogP contribution in [-0.2, 0) is 4.79 Å². The van der Waals surface area contributed by atoms with E-state index < -0.39 is 5.97 Å². The Morgan fingerprint density at radius 2 is 2.40 bits per heavy atom. The third-order valence-electron chi connectivity index (χ3n) is 1.21. The van der Waals surface area contributed by atoms with E-state index in [1.807, 2.05) is 0 Å². The standard InChI is InChI=1S/C7H11FO2/c1-6(4-5-8)2-3-7(9)10/h4-6H,2-3H2,1H3,(H,9,10)/b5-4-. The predicted molar refractivity (Wildman–Crippen MR) is 36.3 cm³/mol. The van der Waals surface area contributed by atoms with Gasteiger partial charge in [-0.25, -0.2) is 4.39 Å². The first-order chi connectivity index (χ1) is 4.66. The van der Waals surface area contributed by atoms with Crippen molar-refractivity contribution in [3.05, 3.63) is 12.4 Å².